The molecule has 3 fully saturated rings. The van der Waals surface area contributed by atoms with Gasteiger partial charge in [-0.15, -0.1) is 11.3 Å². The number of likely N-dealkylation sites (tertiary alicyclic amines) is 2. The van der Waals surface area contributed by atoms with Crippen LogP contribution in [0, 0.1) is 0 Å². The summed E-state index contributed by atoms with van der Waals surface area (Å²) < 4.78 is 7.47. The molecule has 3 saturated heterocycles. The number of β-lactam (4-membered cyclic amide) rings is 1. The average Bonchev–Trinajstić information content (AvgIpc) is 3.56. The van der Waals surface area contributed by atoms with Crippen molar-refractivity contribution in [3.05, 3.63) is 59.5 Å². The van der Waals surface area contributed by atoms with Crippen LogP contribution in [-0.2, 0) is 9.53 Å². The standard InChI is InChI=1S/C27H30N6O2S/c34-26-7-11-33(26)18-5-9-31(10-6-18)27(24-14-22-25(36-24)15-28-17-30-22)32-12-13-35-23(16-32)20-2-1-3-21-19(20)4-8-29-21/h1-4,8,14-15,17-18,23,27,29H,5-7,9-13,16H2. The second kappa shape index (κ2) is 9.23. The van der Waals surface area contributed by atoms with E-state index >= 15 is 0 Å². The lowest BCUT2D eigenvalue weighted by Gasteiger charge is -2.48. The molecule has 0 bridgehead atoms. The maximum atomic E-state index is 12.0. The van der Waals surface area contributed by atoms with Crippen molar-refractivity contribution in [1.29, 1.82) is 0 Å². The molecular formula is C27H30N6O2S. The number of aromatic nitrogens is 3. The maximum absolute atomic E-state index is 12.0. The molecule has 3 aliphatic heterocycles. The number of H-pyrrole nitrogens is 1. The third-order valence-corrected chi connectivity index (χ3v) is 9.16. The van der Waals surface area contributed by atoms with Crippen LogP contribution in [0.5, 0.6) is 0 Å². The molecule has 1 aromatic carbocycles. The average molecular weight is 503 g/mol. The van der Waals surface area contributed by atoms with Gasteiger partial charge in [-0.2, -0.15) is 0 Å². The van der Waals surface area contributed by atoms with Gasteiger partial charge in [0.1, 0.15) is 6.33 Å². The topological polar surface area (TPSA) is 77.6 Å². The summed E-state index contributed by atoms with van der Waals surface area (Å²) in [4.78, 5) is 32.7. The number of carbonyl (C=O) groups is 1. The number of nitrogens with one attached hydrogen (secondary N) is 1. The van der Waals surface area contributed by atoms with Crippen LogP contribution in [0.1, 0.15) is 42.0 Å². The summed E-state index contributed by atoms with van der Waals surface area (Å²) in [5.41, 5.74) is 3.41. The number of amides is 1. The first kappa shape index (κ1) is 22.4. The van der Waals surface area contributed by atoms with E-state index in [1.54, 1.807) is 17.7 Å². The number of benzene rings is 1. The minimum atomic E-state index is 0.0196. The summed E-state index contributed by atoms with van der Waals surface area (Å²) in [6, 6.07) is 11.2. The number of carbonyl (C=O) groups excluding carboxylic acids is 1. The fourth-order valence-electron chi connectivity index (χ4n) is 6.15. The van der Waals surface area contributed by atoms with Crippen LogP contribution >= 0.6 is 11.3 Å². The molecular weight excluding hydrogens is 472 g/mol. The van der Waals surface area contributed by atoms with E-state index in [0.29, 0.717) is 25.0 Å². The number of thiophene rings is 1. The van der Waals surface area contributed by atoms with Gasteiger partial charge in [0, 0.05) is 73.4 Å². The van der Waals surface area contributed by atoms with Gasteiger partial charge in [-0.1, -0.05) is 12.1 Å². The molecule has 0 saturated carbocycles. The van der Waals surface area contributed by atoms with Crippen molar-refractivity contribution in [1.82, 2.24) is 29.7 Å². The zero-order valence-corrected chi connectivity index (χ0v) is 21.0. The van der Waals surface area contributed by atoms with Crippen LogP contribution in [0.4, 0.5) is 0 Å². The highest BCUT2D eigenvalue weighted by Crippen LogP contribution is 2.39. The van der Waals surface area contributed by atoms with Crippen LogP contribution in [0.2, 0.25) is 0 Å². The Morgan fingerprint density at radius 2 is 2.03 bits per heavy atom. The molecule has 0 radical (unpaired) electrons. The van der Waals surface area contributed by atoms with Crippen molar-refractivity contribution in [2.45, 2.75) is 37.6 Å². The molecule has 6 heterocycles. The minimum Gasteiger partial charge on any atom is -0.371 e. The highest BCUT2D eigenvalue weighted by Gasteiger charge is 2.38. The third kappa shape index (κ3) is 3.91. The molecule has 1 amide bonds. The van der Waals surface area contributed by atoms with E-state index in [9.17, 15) is 4.79 Å². The van der Waals surface area contributed by atoms with Crippen LogP contribution in [0.15, 0.2) is 49.1 Å². The molecule has 3 aromatic heterocycles. The summed E-state index contributed by atoms with van der Waals surface area (Å²) in [7, 11) is 0. The zero-order valence-electron chi connectivity index (χ0n) is 20.2. The van der Waals surface area contributed by atoms with E-state index in [1.807, 2.05) is 12.4 Å². The van der Waals surface area contributed by atoms with Gasteiger partial charge in [0.05, 0.1) is 29.1 Å². The van der Waals surface area contributed by atoms with Crippen molar-refractivity contribution < 1.29 is 9.53 Å². The molecule has 8 nitrogen and oxygen atoms in total. The molecule has 0 spiro atoms. The lowest BCUT2D eigenvalue weighted by Crippen LogP contribution is -2.55. The van der Waals surface area contributed by atoms with E-state index in [2.05, 4.69) is 60.0 Å². The minimum absolute atomic E-state index is 0.0196. The van der Waals surface area contributed by atoms with Crippen LogP contribution in [0.25, 0.3) is 21.1 Å². The van der Waals surface area contributed by atoms with Gasteiger partial charge in [-0.05, 0) is 36.6 Å². The summed E-state index contributed by atoms with van der Waals surface area (Å²) in [6.07, 6.45) is 8.51. The van der Waals surface area contributed by atoms with E-state index in [4.69, 9.17) is 4.74 Å². The fraction of sp³-hybridized carbons (Fsp3) is 0.444. The molecule has 1 N–H and O–H groups in total. The summed E-state index contributed by atoms with van der Waals surface area (Å²) >= 11 is 1.80. The molecule has 4 aromatic rings. The van der Waals surface area contributed by atoms with Gasteiger partial charge in [0.15, 0.2) is 0 Å². The van der Waals surface area contributed by atoms with Crippen molar-refractivity contribution in [2.75, 3.05) is 39.3 Å². The number of rotatable bonds is 5. The molecule has 2 atom stereocenters. The van der Waals surface area contributed by atoms with Gasteiger partial charge >= 0.3 is 0 Å². The smallest absolute Gasteiger partial charge is 0.224 e. The van der Waals surface area contributed by atoms with Gasteiger partial charge in [0.25, 0.3) is 0 Å². The SMILES string of the molecule is O=C1CCN1C1CCN(C(c2cc3ncncc3s2)N2CCOC(c3cccc4[nH]ccc34)C2)CC1. The van der Waals surface area contributed by atoms with E-state index in [-0.39, 0.29) is 12.3 Å². The van der Waals surface area contributed by atoms with Crippen LogP contribution in [-0.4, -0.2) is 80.9 Å². The van der Waals surface area contributed by atoms with Crippen molar-refractivity contribution in [2.24, 2.45) is 0 Å². The Balaban J connectivity index is 1.19. The number of ether oxygens (including phenoxy) is 1. The predicted molar refractivity (Wildman–Crippen MR) is 140 cm³/mol. The Labute approximate surface area is 213 Å². The Hall–Kier alpha value is -2.85. The maximum Gasteiger partial charge on any atom is 0.224 e. The Morgan fingerprint density at radius 3 is 2.83 bits per heavy atom. The molecule has 36 heavy (non-hydrogen) atoms. The quantitative estimate of drug-likeness (QED) is 0.417. The first-order valence-electron chi connectivity index (χ1n) is 12.9. The van der Waals surface area contributed by atoms with E-state index in [1.165, 1.54) is 15.8 Å². The van der Waals surface area contributed by atoms with Gasteiger partial charge in [0.2, 0.25) is 5.91 Å². The van der Waals surface area contributed by atoms with Crippen molar-refractivity contribution in [3.8, 4) is 0 Å². The lowest BCUT2D eigenvalue weighted by atomic mass is 9.98. The van der Waals surface area contributed by atoms with Crippen molar-refractivity contribution in [3.63, 3.8) is 0 Å². The predicted octanol–water partition coefficient (Wildman–Crippen LogP) is 3.94. The molecule has 186 valence electrons. The highest BCUT2D eigenvalue weighted by atomic mass is 32.1. The van der Waals surface area contributed by atoms with Crippen molar-refractivity contribution >= 4 is 38.4 Å². The number of morpholine rings is 1. The van der Waals surface area contributed by atoms with Gasteiger partial charge < -0.3 is 14.6 Å². The number of fused-ring (bicyclic) bond motifs is 2. The van der Waals surface area contributed by atoms with E-state index < -0.39 is 0 Å². The molecule has 2 unspecified atom stereocenters. The van der Waals surface area contributed by atoms with Crippen LogP contribution in [0.3, 0.4) is 0 Å². The Bertz CT molecular complexity index is 1360. The molecule has 9 heteroatoms. The number of nitrogens with zero attached hydrogens (tertiary/aromatic N) is 5. The van der Waals surface area contributed by atoms with Crippen LogP contribution < -0.4 is 0 Å². The lowest BCUT2D eigenvalue weighted by molar-refractivity contribution is -0.145. The first-order valence-corrected chi connectivity index (χ1v) is 13.7. The largest absolute Gasteiger partial charge is 0.371 e. The third-order valence-electron chi connectivity index (χ3n) is 8.06. The van der Waals surface area contributed by atoms with E-state index in [0.717, 1.165) is 61.3 Å². The molecule has 3 aliphatic rings. The summed E-state index contributed by atoms with van der Waals surface area (Å²) in [5.74, 6) is 0.322. The zero-order chi connectivity index (χ0) is 24.1. The Morgan fingerprint density at radius 1 is 1.11 bits per heavy atom. The summed E-state index contributed by atoms with van der Waals surface area (Å²) in [6.45, 7) is 5.31. The first-order chi connectivity index (χ1) is 17.7. The number of piperidine rings is 1. The van der Waals surface area contributed by atoms with Gasteiger partial charge in [-0.3, -0.25) is 14.6 Å². The second-order valence-electron chi connectivity index (χ2n) is 10.0. The molecule has 0 aliphatic carbocycles. The second-order valence-corrected chi connectivity index (χ2v) is 11.2. The number of hydrogen-bond donors (Lipinski definition) is 1. The fourth-order valence-corrected chi connectivity index (χ4v) is 7.31. The number of aromatic amines is 1. The normalized spacial score (nSPS) is 23.4. The van der Waals surface area contributed by atoms with Gasteiger partial charge in [-0.25, -0.2) is 9.97 Å². The molecule has 7 rings (SSSR count). The number of hydrogen-bond acceptors (Lipinski definition) is 7. The monoisotopic (exact) mass is 502 g/mol. The Kier molecular flexibility index (Phi) is 5.73. The summed E-state index contributed by atoms with van der Waals surface area (Å²) in [5, 5.41) is 1.23. The highest BCUT2D eigenvalue weighted by molar-refractivity contribution is 7.19.